The van der Waals surface area contributed by atoms with Gasteiger partial charge in [0.05, 0.1) is 5.69 Å². The van der Waals surface area contributed by atoms with Crippen LogP contribution in [0, 0.1) is 12.8 Å². The van der Waals surface area contributed by atoms with E-state index >= 15 is 0 Å². The van der Waals surface area contributed by atoms with Crippen LogP contribution in [0.15, 0.2) is 6.07 Å². The van der Waals surface area contributed by atoms with Crippen LogP contribution in [0.1, 0.15) is 33.4 Å². The first-order valence-corrected chi connectivity index (χ1v) is 5.30. The maximum absolute atomic E-state index is 4.46. The van der Waals surface area contributed by atoms with Crippen LogP contribution >= 0.6 is 0 Å². The lowest BCUT2D eigenvalue weighted by Gasteiger charge is -2.13. The van der Waals surface area contributed by atoms with Gasteiger partial charge in [0.25, 0.3) is 0 Å². The lowest BCUT2D eigenvalue weighted by Crippen LogP contribution is -2.16. The molecule has 0 unspecified atom stereocenters. The molecule has 0 saturated carbocycles. The number of aryl methyl sites for hydroxylation is 1. The van der Waals surface area contributed by atoms with Gasteiger partial charge in [0.2, 0.25) is 0 Å². The van der Waals surface area contributed by atoms with Gasteiger partial charge in [0.1, 0.15) is 5.82 Å². The van der Waals surface area contributed by atoms with E-state index in [0.29, 0.717) is 12.0 Å². The van der Waals surface area contributed by atoms with Gasteiger partial charge in [-0.25, -0.2) is 4.68 Å². The van der Waals surface area contributed by atoms with Gasteiger partial charge >= 0.3 is 0 Å². The molecule has 0 aliphatic heterocycles. The summed E-state index contributed by atoms with van der Waals surface area (Å²) in [4.78, 5) is 0. The molecule has 0 saturated heterocycles. The van der Waals surface area contributed by atoms with E-state index in [1.807, 2.05) is 6.92 Å². The zero-order chi connectivity index (χ0) is 10.7. The molecule has 0 aromatic carbocycles. The van der Waals surface area contributed by atoms with Gasteiger partial charge in [0, 0.05) is 18.7 Å². The molecule has 1 aromatic rings. The van der Waals surface area contributed by atoms with Gasteiger partial charge in [-0.1, -0.05) is 13.8 Å². The summed E-state index contributed by atoms with van der Waals surface area (Å²) in [6.45, 7) is 11.7. The first-order valence-electron chi connectivity index (χ1n) is 5.30. The quantitative estimate of drug-likeness (QED) is 0.800. The van der Waals surface area contributed by atoms with Crippen molar-refractivity contribution >= 4 is 5.82 Å². The second-order valence-corrected chi connectivity index (χ2v) is 4.55. The molecule has 1 heterocycles. The first kappa shape index (κ1) is 11.1. The third-order valence-electron chi connectivity index (χ3n) is 1.88. The molecule has 14 heavy (non-hydrogen) atoms. The van der Waals surface area contributed by atoms with E-state index in [9.17, 15) is 0 Å². The van der Waals surface area contributed by atoms with Gasteiger partial charge in [-0.15, -0.1) is 0 Å². The Morgan fingerprint density at radius 1 is 1.36 bits per heavy atom. The van der Waals surface area contributed by atoms with Crippen molar-refractivity contribution in [2.45, 2.75) is 47.2 Å². The number of nitrogens with one attached hydrogen (secondary N) is 1. The molecular weight excluding hydrogens is 174 g/mol. The number of rotatable bonds is 4. The minimum Gasteiger partial charge on any atom is -0.368 e. The molecule has 0 fully saturated rings. The molecule has 0 spiro atoms. The third-order valence-corrected chi connectivity index (χ3v) is 1.88. The van der Waals surface area contributed by atoms with Crippen LogP contribution < -0.4 is 5.32 Å². The second-order valence-electron chi connectivity index (χ2n) is 4.55. The highest BCUT2D eigenvalue weighted by molar-refractivity contribution is 5.37. The zero-order valence-electron chi connectivity index (χ0n) is 9.83. The summed E-state index contributed by atoms with van der Waals surface area (Å²) in [6, 6.07) is 2.56. The summed E-state index contributed by atoms with van der Waals surface area (Å²) in [7, 11) is 0. The van der Waals surface area contributed by atoms with Crippen molar-refractivity contribution in [3.05, 3.63) is 11.8 Å². The van der Waals surface area contributed by atoms with Crippen molar-refractivity contribution in [3.63, 3.8) is 0 Å². The summed E-state index contributed by atoms with van der Waals surface area (Å²) < 4.78 is 2.06. The average molecular weight is 195 g/mol. The molecule has 0 atom stereocenters. The molecule has 0 amide bonds. The fraction of sp³-hybridized carbons (Fsp3) is 0.727. The van der Waals surface area contributed by atoms with Crippen LogP contribution in [0.4, 0.5) is 5.82 Å². The van der Waals surface area contributed by atoms with Crippen LogP contribution in [0.3, 0.4) is 0 Å². The summed E-state index contributed by atoms with van der Waals surface area (Å²) >= 11 is 0. The Morgan fingerprint density at radius 2 is 2.00 bits per heavy atom. The number of hydrogen-bond donors (Lipinski definition) is 1. The predicted molar refractivity (Wildman–Crippen MR) is 60.6 cm³/mol. The van der Waals surface area contributed by atoms with Gasteiger partial charge in [-0.3, -0.25) is 0 Å². The molecule has 3 nitrogen and oxygen atoms in total. The third kappa shape index (κ3) is 3.05. The van der Waals surface area contributed by atoms with E-state index in [1.54, 1.807) is 0 Å². The summed E-state index contributed by atoms with van der Waals surface area (Å²) in [5.74, 6) is 1.76. The molecular formula is C11H21N3. The van der Waals surface area contributed by atoms with Gasteiger partial charge in [-0.05, 0) is 26.7 Å². The highest BCUT2D eigenvalue weighted by atomic mass is 15.3. The van der Waals surface area contributed by atoms with Crippen LogP contribution in [-0.2, 0) is 6.54 Å². The fourth-order valence-electron chi connectivity index (χ4n) is 1.44. The second kappa shape index (κ2) is 4.49. The molecule has 1 aromatic heterocycles. The van der Waals surface area contributed by atoms with Crippen molar-refractivity contribution in [2.24, 2.45) is 5.92 Å². The molecule has 3 heteroatoms. The van der Waals surface area contributed by atoms with E-state index in [4.69, 9.17) is 0 Å². The fourth-order valence-corrected chi connectivity index (χ4v) is 1.44. The van der Waals surface area contributed by atoms with Gasteiger partial charge in [-0.2, -0.15) is 5.10 Å². The Balaban J connectivity index is 2.80. The monoisotopic (exact) mass is 195 g/mol. The summed E-state index contributed by atoms with van der Waals surface area (Å²) in [5, 5.41) is 7.86. The van der Waals surface area contributed by atoms with E-state index in [-0.39, 0.29) is 0 Å². The SMILES string of the molecule is Cc1cc(NC(C)C)n(CC(C)C)n1. The maximum Gasteiger partial charge on any atom is 0.124 e. The lowest BCUT2D eigenvalue weighted by atomic mass is 10.2. The minimum absolute atomic E-state index is 0.456. The Morgan fingerprint density at radius 3 is 2.50 bits per heavy atom. The normalized spacial score (nSPS) is 11.4. The Labute approximate surface area is 86.5 Å². The van der Waals surface area contributed by atoms with Crippen LogP contribution in [0.25, 0.3) is 0 Å². The number of hydrogen-bond acceptors (Lipinski definition) is 2. The molecule has 0 aliphatic carbocycles. The van der Waals surface area contributed by atoms with E-state index in [0.717, 1.165) is 18.1 Å². The predicted octanol–water partition coefficient (Wildman–Crippen LogP) is 2.67. The van der Waals surface area contributed by atoms with Crippen molar-refractivity contribution in [1.82, 2.24) is 9.78 Å². The highest BCUT2D eigenvalue weighted by Gasteiger charge is 2.07. The number of nitrogens with zero attached hydrogens (tertiary/aromatic N) is 2. The summed E-state index contributed by atoms with van der Waals surface area (Å²) in [5.41, 5.74) is 1.08. The van der Waals surface area contributed by atoms with E-state index in [2.05, 4.69) is 48.9 Å². The van der Waals surface area contributed by atoms with Crippen LogP contribution in [0.5, 0.6) is 0 Å². The molecule has 80 valence electrons. The van der Waals surface area contributed by atoms with E-state index in [1.165, 1.54) is 0 Å². The smallest absolute Gasteiger partial charge is 0.124 e. The molecule has 1 N–H and O–H groups in total. The molecule has 1 rings (SSSR count). The maximum atomic E-state index is 4.46. The summed E-state index contributed by atoms with van der Waals surface area (Å²) in [6.07, 6.45) is 0. The molecule has 0 radical (unpaired) electrons. The molecule has 0 aliphatic rings. The van der Waals surface area contributed by atoms with Crippen LogP contribution in [-0.4, -0.2) is 15.8 Å². The van der Waals surface area contributed by atoms with Crippen molar-refractivity contribution in [2.75, 3.05) is 5.32 Å². The van der Waals surface area contributed by atoms with Crippen LogP contribution in [0.2, 0.25) is 0 Å². The zero-order valence-corrected chi connectivity index (χ0v) is 9.83. The van der Waals surface area contributed by atoms with Crippen molar-refractivity contribution in [3.8, 4) is 0 Å². The van der Waals surface area contributed by atoms with Gasteiger partial charge in [0.15, 0.2) is 0 Å². The number of anilines is 1. The molecule has 0 bridgehead atoms. The first-order chi connectivity index (χ1) is 6.49. The Kier molecular flexibility index (Phi) is 3.55. The van der Waals surface area contributed by atoms with E-state index < -0.39 is 0 Å². The average Bonchev–Trinajstić information content (AvgIpc) is 2.28. The number of aromatic nitrogens is 2. The topological polar surface area (TPSA) is 29.9 Å². The largest absolute Gasteiger partial charge is 0.368 e. The minimum atomic E-state index is 0.456. The Bertz CT molecular complexity index is 259. The highest BCUT2D eigenvalue weighted by Crippen LogP contribution is 2.13. The van der Waals surface area contributed by atoms with Gasteiger partial charge < -0.3 is 5.32 Å². The van der Waals surface area contributed by atoms with Crippen molar-refractivity contribution < 1.29 is 0 Å². The lowest BCUT2D eigenvalue weighted by molar-refractivity contribution is 0.484. The standard InChI is InChI=1S/C11H21N3/c1-8(2)7-14-11(12-9(3)4)6-10(5)13-14/h6,8-9,12H,7H2,1-5H3. The Hall–Kier alpha value is -0.990. The van der Waals surface area contributed by atoms with Crippen molar-refractivity contribution in [1.29, 1.82) is 0 Å².